The van der Waals surface area contributed by atoms with Crippen LogP contribution in [0.3, 0.4) is 0 Å². The van der Waals surface area contributed by atoms with Gasteiger partial charge in [0.2, 0.25) is 5.91 Å². The lowest BCUT2D eigenvalue weighted by Crippen LogP contribution is -2.24. The van der Waals surface area contributed by atoms with Crippen LogP contribution in [-0.4, -0.2) is 44.1 Å². The molecule has 3 heterocycles. The molecule has 0 saturated heterocycles. The van der Waals surface area contributed by atoms with Crippen molar-refractivity contribution < 1.29 is 9.90 Å². The smallest absolute Gasteiger partial charge is 0.227 e. The third-order valence-corrected chi connectivity index (χ3v) is 8.43. The van der Waals surface area contributed by atoms with Crippen LogP contribution in [0.25, 0.3) is 5.00 Å². The van der Waals surface area contributed by atoms with Gasteiger partial charge in [-0.25, -0.2) is 0 Å². The number of nitrogens with zero attached hydrogens (tertiary/aromatic N) is 4. The number of aryl methyl sites for hydroxylation is 3. The summed E-state index contributed by atoms with van der Waals surface area (Å²) in [5.74, 6) is 1.22. The number of aliphatic hydroxyl groups excluding tert-OH is 1. The van der Waals surface area contributed by atoms with Crippen LogP contribution in [0.5, 0.6) is 0 Å². The van der Waals surface area contributed by atoms with Crippen LogP contribution in [0.2, 0.25) is 5.02 Å². The van der Waals surface area contributed by atoms with E-state index in [9.17, 15) is 9.90 Å². The minimum atomic E-state index is -0.540. The van der Waals surface area contributed by atoms with Crippen LogP contribution >= 0.6 is 22.9 Å². The van der Waals surface area contributed by atoms with E-state index in [1.165, 1.54) is 4.88 Å². The highest BCUT2D eigenvalue weighted by molar-refractivity contribution is 7.15. The number of halogens is 1. The Hall–Kier alpha value is -3.37. The minimum Gasteiger partial charge on any atom is -0.395 e. The summed E-state index contributed by atoms with van der Waals surface area (Å²) in [6.45, 7) is 6.07. The predicted octanol–water partition coefficient (Wildman–Crippen LogP) is 5.08. The number of fused-ring (bicyclic) bond motifs is 3. The van der Waals surface area contributed by atoms with E-state index in [2.05, 4.69) is 29.4 Å². The number of hydrogen-bond acceptors (Lipinski definition) is 7. The van der Waals surface area contributed by atoms with Crippen molar-refractivity contribution in [3.63, 3.8) is 0 Å². The molecule has 2 atom stereocenters. The zero-order chi connectivity index (χ0) is 27.7. The van der Waals surface area contributed by atoms with Gasteiger partial charge in [-0.1, -0.05) is 35.9 Å². The van der Waals surface area contributed by atoms with E-state index in [1.54, 1.807) is 11.3 Å². The fraction of sp³-hybridized carbons (Fsp3) is 0.310. The summed E-state index contributed by atoms with van der Waals surface area (Å²) in [6, 6.07) is 14.5. The first-order valence-corrected chi connectivity index (χ1v) is 14.1. The van der Waals surface area contributed by atoms with Gasteiger partial charge in [-0.05, 0) is 69.0 Å². The molecular formula is C29H31ClN6O2S. The van der Waals surface area contributed by atoms with Gasteiger partial charge in [-0.3, -0.25) is 14.4 Å². The molecular weight excluding hydrogens is 532 g/mol. The number of aliphatic hydroxyl groups is 1. The van der Waals surface area contributed by atoms with Crippen LogP contribution < -0.4 is 11.1 Å². The summed E-state index contributed by atoms with van der Waals surface area (Å²) >= 11 is 7.87. The Kier molecular flexibility index (Phi) is 7.95. The monoisotopic (exact) mass is 562 g/mol. The van der Waals surface area contributed by atoms with E-state index < -0.39 is 6.04 Å². The number of rotatable bonds is 8. The first-order valence-electron chi connectivity index (χ1n) is 12.9. The molecule has 0 bridgehead atoms. The second kappa shape index (κ2) is 11.4. The Morgan fingerprint density at radius 2 is 1.95 bits per heavy atom. The number of carbonyl (C=O) groups excluding carboxylic acids is 1. The van der Waals surface area contributed by atoms with Gasteiger partial charge >= 0.3 is 0 Å². The number of carbonyl (C=O) groups is 1. The van der Waals surface area contributed by atoms with Gasteiger partial charge in [0.05, 0.1) is 18.7 Å². The van der Waals surface area contributed by atoms with Gasteiger partial charge in [0, 0.05) is 32.8 Å². The number of nitrogens with two attached hydrogens (primary N) is 1. The predicted molar refractivity (Wildman–Crippen MR) is 156 cm³/mol. The highest BCUT2D eigenvalue weighted by atomic mass is 35.5. The highest BCUT2D eigenvalue weighted by Crippen LogP contribution is 2.39. The van der Waals surface area contributed by atoms with Gasteiger partial charge in [-0.2, -0.15) is 0 Å². The quantitative estimate of drug-likeness (QED) is 0.277. The third kappa shape index (κ3) is 5.67. The molecule has 1 amide bonds. The fourth-order valence-electron chi connectivity index (χ4n) is 4.77. The Bertz CT molecular complexity index is 1540. The Balaban J connectivity index is 1.48. The Labute approximate surface area is 236 Å². The maximum atomic E-state index is 13.3. The van der Waals surface area contributed by atoms with Crippen LogP contribution in [0.15, 0.2) is 53.5 Å². The largest absolute Gasteiger partial charge is 0.395 e. The molecule has 0 fully saturated rings. The molecule has 1 aliphatic heterocycles. The average Bonchev–Trinajstić information content (AvgIpc) is 3.40. The molecule has 4 aromatic rings. The number of aromatic nitrogens is 3. The summed E-state index contributed by atoms with van der Waals surface area (Å²) < 4.78 is 2.04. The van der Waals surface area contributed by atoms with Crippen molar-refractivity contribution >= 4 is 40.2 Å². The topological polar surface area (TPSA) is 118 Å². The Morgan fingerprint density at radius 3 is 2.69 bits per heavy atom. The van der Waals surface area contributed by atoms with Gasteiger partial charge in [0.15, 0.2) is 5.82 Å². The summed E-state index contributed by atoms with van der Waals surface area (Å²) in [5, 5.41) is 22.7. The molecule has 1 aliphatic rings. The summed E-state index contributed by atoms with van der Waals surface area (Å²) in [7, 11) is 0. The molecule has 1 unspecified atom stereocenters. The van der Waals surface area contributed by atoms with Crippen LogP contribution in [-0.2, 0) is 11.2 Å². The molecule has 0 spiro atoms. The molecule has 0 aliphatic carbocycles. The molecule has 2 aromatic heterocycles. The first-order chi connectivity index (χ1) is 18.7. The van der Waals surface area contributed by atoms with Crippen molar-refractivity contribution in [2.24, 2.45) is 10.7 Å². The molecule has 4 N–H and O–H groups in total. The Morgan fingerprint density at radius 1 is 1.18 bits per heavy atom. The van der Waals surface area contributed by atoms with Gasteiger partial charge in [-0.15, -0.1) is 21.5 Å². The van der Waals surface area contributed by atoms with Gasteiger partial charge in [0.1, 0.15) is 16.9 Å². The standard InChI is InChI=1S/C29H31ClN6O2S/c1-16-17(2)39-29-26(16)27(20-8-10-21(30)11-9-20)33-24(28-35-34-18(3)36(28)29)14-25(38)32-23-6-4-5-19(13-23)7-12-22(31)15-37/h4-6,8-11,13,22,24,37H,7,12,14-15,31H2,1-3H3,(H,32,38)/t22?,24-/m0/s1. The number of anilines is 1. The summed E-state index contributed by atoms with van der Waals surface area (Å²) in [5.41, 5.74) is 11.5. The molecule has 10 heteroatoms. The average molecular weight is 563 g/mol. The van der Waals surface area contributed by atoms with Crippen LogP contribution in [0.4, 0.5) is 5.69 Å². The number of benzene rings is 2. The minimum absolute atomic E-state index is 0.0495. The molecule has 0 saturated carbocycles. The van der Waals surface area contributed by atoms with E-state index in [0.717, 1.165) is 38.8 Å². The van der Waals surface area contributed by atoms with Crippen LogP contribution in [0, 0.1) is 20.8 Å². The normalized spacial score (nSPS) is 15.2. The van der Waals surface area contributed by atoms with E-state index in [1.807, 2.05) is 60.0 Å². The van der Waals surface area contributed by atoms with Gasteiger partial charge < -0.3 is 16.2 Å². The SMILES string of the molecule is Cc1sc2c(c1C)C(c1ccc(Cl)cc1)=N[C@@H](CC(=O)Nc1cccc(CCC(N)CO)c1)c1nnc(C)n1-2. The maximum Gasteiger partial charge on any atom is 0.227 e. The van der Waals surface area contributed by atoms with Crippen molar-refractivity contribution in [2.45, 2.75) is 52.1 Å². The molecule has 39 heavy (non-hydrogen) atoms. The molecule has 5 rings (SSSR count). The van der Waals surface area contributed by atoms with Crippen molar-refractivity contribution in [3.8, 4) is 5.00 Å². The van der Waals surface area contributed by atoms with Crippen molar-refractivity contribution in [3.05, 3.63) is 92.3 Å². The van der Waals surface area contributed by atoms with Crippen molar-refractivity contribution in [1.82, 2.24) is 14.8 Å². The number of hydrogen-bond donors (Lipinski definition) is 3. The van der Waals surface area contributed by atoms with Gasteiger partial charge in [0.25, 0.3) is 0 Å². The van der Waals surface area contributed by atoms with Crippen molar-refractivity contribution in [2.75, 3.05) is 11.9 Å². The lowest BCUT2D eigenvalue weighted by atomic mass is 9.99. The number of amides is 1. The number of thiophene rings is 1. The second-order valence-corrected chi connectivity index (χ2v) is 11.5. The second-order valence-electron chi connectivity index (χ2n) is 9.84. The lowest BCUT2D eigenvalue weighted by Gasteiger charge is -2.14. The lowest BCUT2D eigenvalue weighted by molar-refractivity contribution is -0.116. The zero-order valence-electron chi connectivity index (χ0n) is 22.1. The van der Waals surface area contributed by atoms with E-state index in [-0.39, 0.29) is 25.0 Å². The molecule has 202 valence electrons. The van der Waals surface area contributed by atoms with E-state index >= 15 is 0 Å². The van der Waals surface area contributed by atoms with Crippen LogP contribution in [0.1, 0.15) is 57.7 Å². The first kappa shape index (κ1) is 27.2. The third-order valence-electron chi connectivity index (χ3n) is 6.98. The summed E-state index contributed by atoms with van der Waals surface area (Å²) in [4.78, 5) is 19.7. The maximum absolute atomic E-state index is 13.3. The molecule has 0 radical (unpaired) electrons. The molecule has 8 nitrogen and oxygen atoms in total. The molecule has 2 aromatic carbocycles. The number of aliphatic imine (C=N–C) groups is 1. The van der Waals surface area contributed by atoms with E-state index in [0.29, 0.717) is 29.4 Å². The van der Waals surface area contributed by atoms with E-state index in [4.69, 9.17) is 22.3 Å². The highest BCUT2D eigenvalue weighted by Gasteiger charge is 2.32. The zero-order valence-corrected chi connectivity index (χ0v) is 23.7. The van der Waals surface area contributed by atoms with Crippen molar-refractivity contribution in [1.29, 1.82) is 0 Å². The summed E-state index contributed by atoms with van der Waals surface area (Å²) in [6.07, 6.45) is 1.48. The number of nitrogens with one attached hydrogen (secondary N) is 1. The fourth-order valence-corrected chi connectivity index (χ4v) is 6.11.